The fourth-order valence-corrected chi connectivity index (χ4v) is 8.47. The summed E-state index contributed by atoms with van der Waals surface area (Å²) in [5.41, 5.74) is 0.716. The SMILES string of the molecule is C[C@]12C[C@@H](I)C(=O)N[C@@H]1CC[C@@H]1[C@@H]2CC[C@]2(C)[C@@H](OC3CC3)CC[C@@H]12. The van der Waals surface area contributed by atoms with Crippen LogP contribution in [-0.4, -0.2) is 28.1 Å². The van der Waals surface area contributed by atoms with Crippen molar-refractivity contribution in [2.24, 2.45) is 28.6 Å². The van der Waals surface area contributed by atoms with E-state index in [2.05, 4.69) is 41.8 Å². The first-order valence-corrected chi connectivity index (χ1v) is 11.8. The van der Waals surface area contributed by atoms with Gasteiger partial charge in [-0.3, -0.25) is 4.79 Å². The summed E-state index contributed by atoms with van der Waals surface area (Å²) in [6.07, 6.45) is 12.6. The van der Waals surface area contributed by atoms with Crippen LogP contribution in [0.15, 0.2) is 0 Å². The molecule has 140 valence electrons. The summed E-state index contributed by atoms with van der Waals surface area (Å²) in [7, 11) is 0. The third kappa shape index (κ3) is 2.55. The molecule has 0 radical (unpaired) electrons. The van der Waals surface area contributed by atoms with E-state index in [0.717, 1.165) is 24.2 Å². The van der Waals surface area contributed by atoms with Gasteiger partial charge in [0.1, 0.15) is 0 Å². The Bertz CT molecular complexity index is 578. The van der Waals surface area contributed by atoms with Crippen LogP contribution in [0.3, 0.4) is 0 Å². The number of fused-ring (bicyclic) bond motifs is 5. The lowest BCUT2D eigenvalue weighted by molar-refractivity contribution is -0.140. The number of rotatable bonds is 2. The molecule has 4 aliphatic carbocycles. The first kappa shape index (κ1) is 17.3. The molecule has 1 aliphatic heterocycles. The minimum absolute atomic E-state index is 0.153. The number of carbonyl (C=O) groups excluding carboxylic acids is 1. The summed E-state index contributed by atoms with van der Waals surface area (Å²) in [4.78, 5) is 12.2. The monoisotopic (exact) mass is 457 g/mol. The maximum absolute atomic E-state index is 12.2. The van der Waals surface area contributed by atoms with Crippen LogP contribution in [0, 0.1) is 28.6 Å². The van der Waals surface area contributed by atoms with Gasteiger partial charge >= 0.3 is 0 Å². The second-order valence-electron chi connectivity index (χ2n) is 10.1. The Morgan fingerprint density at radius 2 is 1.76 bits per heavy atom. The highest BCUT2D eigenvalue weighted by Crippen LogP contribution is 2.65. The van der Waals surface area contributed by atoms with Crippen LogP contribution in [0.1, 0.15) is 71.6 Å². The maximum Gasteiger partial charge on any atom is 0.233 e. The number of nitrogens with one attached hydrogen (secondary N) is 1. The van der Waals surface area contributed by atoms with Crippen molar-refractivity contribution in [1.82, 2.24) is 5.32 Å². The lowest BCUT2D eigenvalue weighted by Crippen LogP contribution is -2.63. The molecule has 0 aromatic carbocycles. The fraction of sp³-hybridized carbons (Fsp3) is 0.952. The molecule has 0 spiro atoms. The number of halogens is 1. The van der Waals surface area contributed by atoms with Crippen LogP contribution in [-0.2, 0) is 9.53 Å². The number of carbonyl (C=O) groups is 1. The highest BCUT2D eigenvalue weighted by Gasteiger charge is 2.61. The van der Waals surface area contributed by atoms with Crippen molar-refractivity contribution >= 4 is 28.5 Å². The Morgan fingerprint density at radius 3 is 2.52 bits per heavy atom. The molecule has 4 saturated carbocycles. The quantitative estimate of drug-likeness (QED) is 0.491. The fourth-order valence-electron chi connectivity index (χ4n) is 7.34. The molecule has 3 nitrogen and oxygen atoms in total. The number of amides is 1. The summed E-state index contributed by atoms with van der Waals surface area (Å²) < 4.78 is 6.63. The molecule has 5 aliphatic rings. The Hall–Kier alpha value is 0.160. The number of hydrogen-bond donors (Lipinski definition) is 1. The van der Waals surface area contributed by atoms with Gasteiger partial charge in [-0.2, -0.15) is 0 Å². The van der Waals surface area contributed by atoms with Gasteiger partial charge in [0.2, 0.25) is 5.91 Å². The minimum atomic E-state index is 0.153. The van der Waals surface area contributed by atoms with Crippen LogP contribution in [0.25, 0.3) is 0 Å². The Labute approximate surface area is 165 Å². The average molecular weight is 457 g/mol. The Kier molecular flexibility index (Phi) is 4.03. The van der Waals surface area contributed by atoms with Gasteiger partial charge in [-0.15, -0.1) is 0 Å². The standard InChI is InChI=1S/C21H32INO2/c1-20-10-9-15-13(14(20)6-8-18(20)25-12-3-4-12)5-7-17-21(15,2)11-16(22)19(24)23-17/h12-18H,3-11H2,1-2H3,(H,23,24)/t13-,14-,15-,16+,17+,18-,20-,21+/m0/s1. The van der Waals surface area contributed by atoms with Crippen molar-refractivity contribution < 1.29 is 9.53 Å². The maximum atomic E-state index is 12.2. The molecule has 1 heterocycles. The topological polar surface area (TPSA) is 38.3 Å². The van der Waals surface area contributed by atoms with Crippen LogP contribution in [0.5, 0.6) is 0 Å². The zero-order valence-electron chi connectivity index (χ0n) is 15.6. The first-order valence-electron chi connectivity index (χ1n) is 10.5. The molecule has 8 atom stereocenters. The van der Waals surface area contributed by atoms with E-state index in [-0.39, 0.29) is 9.83 Å². The summed E-state index contributed by atoms with van der Waals surface area (Å²) in [6, 6.07) is 0.413. The molecule has 0 aromatic rings. The Morgan fingerprint density at radius 1 is 1.00 bits per heavy atom. The van der Waals surface area contributed by atoms with Crippen LogP contribution >= 0.6 is 22.6 Å². The molecule has 25 heavy (non-hydrogen) atoms. The van der Waals surface area contributed by atoms with E-state index < -0.39 is 0 Å². The van der Waals surface area contributed by atoms with Crippen molar-refractivity contribution in [3.8, 4) is 0 Å². The van der Waals surface area contributed by atoms with E-state index in [9.17, 15) is 4.79 Å². The van der Waals surface area contributed by atoms with Gasteiger partial charge in [-0.1, -0.05) is 36.4 Å². The van der Waals surface area contributed by atoms with E-state index >= 15 is 0 Å². The van der Waals surface area contributed by atoms with E-state index in [1.165, 1.54) is 51.4 Å². The molecule has 0 bridgehead atoms. The van der Waals surface area contributed by atoms with Crippen LogP contribution in [0.2, 0.25) is 0 Å². The van der Waals surface area contributed by atoms with Gasteiger partial charge in [0, 0.05) is 6.04 Å². The zero-order chi connectivity index (χ0) is 17.4. The average Bonchev–Trinajstić information content (AvgIpc) is 3.32. The van der Waals surface area contributed by atoms with E-state index in [1.54, 1.807) is 0 Å². The summed E-state index contributed by atoms with van der Waals surface area (Å²) in [5, 5.41) is 3.38. The normalized spacial score (nSPS) is 55.1. The van der Waals surface area contributed by atoms with Gasteiger partial charge in [0.15, 0.2) is 0 Å². The predicted octanol–water partition coefficient (Wildman–Crippen LogP) is 4.47. The molecule has 5 fully saturated rings. The molecule has 5 rings (SSSR count). The lowest BCUT2D eigenvalue weighted by Gasteiger charge is -2.60. The molecule has 0 aromatic heterocycles. The number of hydrogen-bond acceptors (Lipinski definition) is 2. The van der Waals surface area contributed by atoms with Crippen LogP contribution in [0.4, 0.5) is 0 Å². The lowest BCUT2D eigenvalue weighted by atomic mass is 9.47. The first-order chi connectivity index (χ1) is 11.9. The molecular weight excluding hydrogens is 425 g/mol. The predicted molar refractivity (Wildman–Crippen MR) is 107 cm³/mol. The summed E-state index contributed by atoms with van der Waals surface area (Å²) in [6.45, 7) is 5.04. The van der Waals surface area contributed by atoms with Gasteiger partial charge in [0.25, 0.3) is 0 Å². The molecular formula is C21H32INO2. The van der Waals surface area contributed by atoms with Crippen molar-refractivity contribution in [3.05, 3.63) is 0 Å². The highest BCUT2D eigenvalue weighted by molar-refractivity contribution is 14.1. The smallest absolute Gasteiger partial charge is 0.233 e. The minimum Gasteiger partial charge on any atom is -0.374 e. The molecule has 0 unspecified atom stereocenters. The largest absolute Gasteiger partial charge is 0.374 e. The molecule has 1 N–H and O–H groups in total. The Balaban J connectivity index is 1.40. The van der Waals surface area contributed by atoms with Crippen molar-refractivity contribution in [3.63, 3.8) is 0 Å². The second kappa shape index (κ2) is 5.83. The van der Waals surface area contributed by atoms with Crippen LogP contribution < -0.4 is 5.32 Å². The highest BCUT2D eigenvalue weighted by atomic mass is 127. The van der Waals surface area contributed by atoms with Gasteiger partial charge < -0.3 is 10.1 Å². The van der Waals surface area contributed by atoms with E-state index in [0.29, 0.717) is 29.1 Å². The molecule has 4 heteroatoms. The molecule has 1 amide bonds. The van der Waals surface area contributed by atoms with Crippen molar-refractivity contribution in [1.29, 1.82) is 0 Å². The van der Waals surface area contributed by atoms with E-state index in [4.69, 9.17) is 4.74 Å². The summed E-state index contributed by atoms with van der Waals surface area (Å²) >= 11 is 2.37. The number of piperidine rings is 1. The second-order valence-corrected chi connectivity index (χ2v) is 11.6. The third-order valence-electron chi connectivity index (χ3n) is 8.88. The zero-order valence-corrected chi connectivity index (χ0v) is 17.8. The number of alkyl halides is 1. The van der Waals surface area contributed by atoms with E-state index in [1.807, 2.05) is 0 Å². The molecule has 1 saturated heterocycles. The van der Waals surface area contributed by atoms with Gasteiger partial charge in [-0.05, 0) is 86.4 Å². The van der Waals surface area contributed by atoms with Gasteiger partial charge in [-0.25, -0.2) is 0 Å². The third-order valence-corrected chi connectivity index (χ3v) is 9.89. The van der Waals surface area contributed by atoms with Gasteiger partial charge in [0.05, 0.1) is 16.1 Å². The summed E-state index contributed by atoms with van der Waals surface area (Å²) in [5.74, 6) is 2.77. The van der Waals surface area contributed by atoms with Crippen molar-refractivity contribution in [2.75, 3.05) is 0 Å². The number of ether oxygens (including phenoxy) is 1. The van der Waals surface area contributed by atoms with Crippen molar-refractivity contribution in [2.45, 2.75) is 93.8 Å².